The fourth-order valence-corrected chi connectivity index (χ4v) is 4.00. The topological polar surface area (TPSA) is 69.8 Å². The maximum absolute atomic E-state index is 6.04. The van der Waals surface area contributed by atoms with Gasteiger partial charge in [0.2, 0.25) is 11.7 Å². The first-order chi connectivity index (χ1) is 14.2. The van der Waals surface area contributed by atoms with Gasteiger partial charge in [-0.1, -0.05) is 41.0 Å². The number of likely N-dealkylation sites (tertiary alicyclic amines) is 1. The predicted molar refractivity (Wildman–Crippen MR) is 115 cm³/mol. The van der Waals surface area contributed by atoms with Gasteiger partial charge in [-0.2, -0.15) is 4.98 Å². The number of nitrogens with zero attached hydrogens (tertiary/aromatic N) is 5. The molecule has 2 aliphatic rings. The number of aliphatic imine (C=N–C) groups is 1. The van der Waals surface area contributed by atoms with Gasteiger partial charge >= 0.3 is 0 Å². The molecule has 1 aromatic heterocycles. The lowest BCUT2D eigenvalue weighted by molar-refractivity contribution is 0.259. The molecule has 7 nitrogen and oxygen atoms in total. The van der Waals surface area contributed by atoms with Crippen LogP contribution in [0.3, 0.4) is 0 Å². The number of hydrogen-bond acceptors (Lipinski definition) is 5. The van der Waals surface area contributed by atoms with E-state index in [9.17, 15) is 0 Å². The van der Waals surface area contributed by atoms with Gasteiger partial charge in [0.15, 0.2) is 5.96 Å². The lowest BCUT2D eigenvalue weighted by Crippen LogP contribution is -2.43. The Balaban J connectivity index is 1.34. The van der Waals surface area contributed by atoms with Gasteiger partial charge in [0.1, 0.15) is 0 Å². The lowest BCUT2D eigenvalue weighted by Gasteiger charge is -2.25. The van der Waals surface area contributed by atoms with Crippen molar-refractivity contribution < 1.29 is 4.52 Å². The highest BCUT2D eigenvalue weighted by Gasteiger charge is 2.29. The zero-order valence-electron chi connectivity index (χ0n) is 16.7. The van der Waals surface area contributed by atoms with Gasteiger partial charge in [0, 0.05) is 55.8 Å². The molecule has 1 unspecified atom stereocenters. The molecule has 154 valence electrons. The van der Waals surface area contributed by atoms with Gasteiger partial charge in [-0.3, -0.25) is 9.89 Å². The van der Waals surface area contributed by atoms with Crippen LogP contribution in [0.1, 0.15) is 19.2 Å². The number of halogens is 1. The van der Waals surface area contributed by atoms with Crippen molar-refractivity contribution in [1.82, 2.24) is 25.3 Å². The summed E-state index contributed by atoms with van der Waals surface area (Å²) in [5, 5.41) is 8.14. The maximum Gasteiger partial charge on any atom is 0.228 e. The summed E-state index contributed by atoms with van der Waals surface area (Å²) in [4.78, 5) is 14.2. The normalized spacial score (nSPS) is 20.0. The molecule has 29 heavy (non-hydrogen) atoms. The second-order valence-corrected chi connectivity index (χ2v) is 7.76. The Labute approximate surface area is 176 Å². The van der Waals surface area contributed by atoms with E-state index in [0.717, 1.165) is 44.2 Å². The number of rotatable bonds is 6. The van der Waals surface area contributed by atoms with Crippen molar-refractivity contribution in [3.8, 4) is 11.4 Å². The molecule has 2 aromatic rings. The van der Waals surface area contributed by atoms with Crippen LogP contribution in [0.5, 0.6) is 0 Å². The number of aromatic nitrogens is 2. The first kappa shape index (κ1) is 19.9. The van der Waals surface area contributed by atoms with E-state index in [2.05, 4.69) is 44.3 Å². The molecule has 1 atom stereocenters. The molecule has 0 radical (unpaired) electrons. The Morgan fingerprint density at radius 1 is 1.34 bits per heavy atom. The van der Waals surface area contributed by atoms with Gasteiger partial charge in [-0.05, 0) is 25.5 Å². The second kappa shape index (κ2) is 9.41. The molecule has 0 bridgehead atoms. The quantitative estimate of drug-likeness (QED) is 0.445. The van der Waals surface area contributed by atoms with Crippen LogP contribution in [-0.2, 0) is 6.42 Å². The van der Waals surface area contributed by atoms with E-state index in [1.807, 2.05) is 24.3 Å². The van der Waals surface area contributed by atoms with Crippen LogP contribution >= 0.6 is 11.6 Å². The summed E-state index contributed by atoms with van der Waals surface area (Å²) < 4.78 is 5.39. The Kier molecular flexibility index (Phi) is 6.46. The summed E-state index contributed by atoms with van der Waals surface area (Å²) in [7, 11) is 0. The number of benzene rings is 1. The van der Waals surface area contributed by atoms with E-state index in [1.165, 1.54) is 6.42 Å². The molecular weight excluding hydrogens is 388 g/mol. The summed E-state index contributed by atoms with van der Waals surface area (Å²) in [5.41, 5.74) is 0.851. The van der Waals surface area contributed by atoms with Crippen molar-refractivity contribution >= 4 is 17.6 Å². The van der Waals surface area contributed by atoms with Gasteiger partial charge < -0.3 is 14.7 Å². The van der Waals surface area contributed by atoms with Gasteiger partial charge in [0.05, 0.1) is 6.54 Å². The maximum atomic E-state index is 6.04. The minimum absolute atomic E-state index is 0.556. The monoisotopic (exact) mass is 414 g/mol. The van der Waals surface area contributed by atoms with Crippen LogP contribution in [0.25, 0.3) is 11.4 Å². The minimum atomic E-state index is 0.556. The van der Waals surface area contributed by atoms with Crippen molar-refractivity contribution in [2.75, 3.05) is 39.3 Å². The van der Waals surface area contributed by atoms with E-state index < -0.39 is 0 Å². The summed E-state index contributed by atoms with van der Waals surface area (Å²) >= 11 is 6.04. The van der Waals surface area contributed by atoms with E-state index in [1.54, 1.807) is 0 Å². The number of guanidine groups is 1. The summed E-state index contributed by atoms with van der Waals surface area (Å²) in [6.45, 7) is 7.75. The molecule has 1 N–H and O–H groups in total. The van der Waals surface area contributed by atoms with E-state index in [4.69, 9.17) is 21.1 Å². The second-order valence-electron chi connectivity index (χ2n) is 7.32. The Morgan fingerprint density at radius 2 is 2.21 bits per heavy atom. The molecule has 1 fully saturated rings. The highest BCUT2D eigenvalue weighted by molar-refractivity contribution is 6.30. The molecule has 1 saturated heterocycles. The molecule has 4 rings (SSSR count). The standard InChI is InChI=1S/C21H27ClN6O/c1-2-23-21(28-13-9-18(15-28)27-11-3-4-12-27)24-10-8-19-25-20(26-29-19)16-6-5-7-17(22)14-16/h3-7,14,18H,2,8-13,15H2,1H3,(H,23,24). The third-order valence-corrected chi connectivity index (χ3v) is 5.53. The predicted octanol–water partition coefficient (Wildman–Crippen LogP) is 2.84. The van der Waals surface area contributed by atoms with Crippen molar-refractivity contribution in [3.05, 3.63) is 47.3 Å². The third-order valence-electron chi connectivity index (χ3n) is 5.30. The number of hydrogen-bond donors (Lipinski definition) is 1. The zero-order chi connectivity index (χ0) is 20.1. The highest BCUT2D eigenvalue weighted by Crippen LogP contribution is 2.20. The molecule has 0 aliphatic carbocycles. The van der Waals surface area contributed by atoms with Crippen molar-refractivity contribution in [2.24, 2.45) is 4.99 Å². The smallest absolute Gasteiger partial charge is 0.228 e. The largest absolute Gasteiger partial charge is 0.357 e. The van der Waals surface area contributed by atoms with Crippen LogP contribution in [0.2, 0.25) is 5.02 Å². The highest BCUT2D eigenvalue weighted by atomic mass is 35.5. The summed E-state index contributed by atoms with van der Waals surface area (Å²) in [6.07, 6.45) is 6.29. The summed E-state index contributed by atoms with van der Waals surface area (Å²) in [5.74, 6) is 2.11. The molecule has 2 aliphatic heterocycles. The molecule has 0 saturated carbocycles. The minimum Gasteiger partial charge on any atom is -0.357 e. The fourth-order valence-electron chi connectivity index (χ4n) is 3.81. The molecule has 3 heterocycles. The molecule has 0 spiro atoms. The molecule has 0 amide bonds. The average Bonchev–Trinajstić information content (AvgIpc) is 3.48. The molecule has 8 heteroatoms. The SMILES string of the molecule is CCNC(=NCCc1nc(-c2cccc(Cl)c2)no1)N1CCC(N2CC=CC2)C1. The van der Waals surface area contributed by atoms with Crippen LogP contribution < -0.4 is 5.32 Å². The average molecular weight is 415 g/mol. The van der Waals surface area contributed by atoms with Crippen LogP contribution in [0.15, 0.2) is 45.9 Å². The van der Waals surface area contributed by atoms with Gasteiger partial charge in [0.25, 0.3) is 0 Å². The van der Waals surface area contributed by atoms with Gasteiger partial charge in [-0.15, -0.1) is 0 Å². The van der Waals surface area contributed by atoms with Crippen LogP contribution in [-0.4, -0.2) is 71.2 Å². The zero-order valence-corrected chi connectivity index (χ0v) is 17.5. The lowest BCUT2D eigenvalue weighted by atomic mass is 10.2. The van der Waals surface area contributed by atoms with E-state index in [0.29, 0.717) is 35.7 Å². The van der Waals surface area contributed by atoms with Crippen molar-refractivity contribution in [2.45, 2.75) is 25.8 Å². The van der Waals surface area contributed by atoms with Gasteiger partial charge in [-0.25, -0.2) is 0 Å². The van der Waals surface area contributed by atoms with E-state index >= 15 is 0 Å². The Morgan fingerprint density at radius 3 is 3.00 bits per heavy atom. The Bertz CT molecular complexity index is 872. The van der Waals surface area contributed by atoms with Crippen molar-refractivity contribution in [3.63, 3.8) is 0 Å². The van der Waals surface area contributed by atoms with Crippen LogP contribution in [0, 0.1) is 0 Å². The van der Waals surface area contributed by atoms with E-state index in [-0.39, 0.29) is 0 Å². The molecular formula is C21H27ClN6O. The third kappa shape index (κ3) is 4.97. The Hall–Kier alpha value is -2.38. The molecule has 1 aromatic carbocycles. The summed E-state index contributed by atoms with van der Waals surface area (Å²) in [6, 6.07) is 8.05. The first-order valence-electron chi connectivity index (χ1n) is 10.2. The first-order valence-corrected chi connectivity index (χ1v) is 10.6. The van der Waals surface area contributed by atoms with Crippen LogP contribution in [0.4, 0.5) is 0 Å². The fraction of sp³-hybridized carbons (Fsp3) is 0.476. The van der Waals surface area contributed by atoms with Crippen molar-refractivity contribution in [1.29, 1.82) is 0 Å². The number of nitrogens with one attached hydrogen (secondary N) is 1.